The quantitative estimate of drug-likeness (QED) is 0.769. The van der Waals surface area contributed by atoms with Gasteiger partial charge in [0.2, 0.25) is 5.89 Å². The van der Waals surface area contributed by atoms with Crippen molar-refractivity contribution in [2.24, 2.45) is 0 Å². The van der Waals surface area contributed by atoms with Gasteiger partial charge < -0.3 is 14.3 Å². The van der Waals surface area contributed by atoms with Crippen molar-refractivity contribution in [2.75, 3.05) is 0 Å². The van der Waals surface area contributed by atoms with Crippen molar-refractivity contribution < 1.29 is 14.3 Å². The third-order valence-electron chi connectivity index (χ3n) is 3.53. The van der Waals surface area contributed by atoms with E-state index in [-0.39, 0.29) is 6.61 Å². The zero-order chi connectivity index (χ0) is 16.3. The van der Waals surface area contributed by atoms with E-state index in [4.69, 9.17) is 9.15 Å². The highest BCUT2D eigenvalue weighted by molar-refractivity contribution is 5.55. The molecule has 118 valence electrons. The third kappa shape index (κ3) is 3.79. The molecule has 0 saturated heterocycles. The van der Waals surface area contributed by atoms with Crippen LogP contribution in [0, 0.1) is 0 Å². The molecular weight excluding hydrogens is 290 g/mol. The highest BCUT2D eigenvalue weighted by Crippen LogP contribution is 2.23. The van der Waals surface area contributed by atoms with Crippen LogP contribution in [0.25, 0.3) is 11.3 Å². The number of oxazole rings is 1. The Morgan fingerprint density at radius 2 is 1.74 bits per heavy atom. The molecule has 0 bridgehead atoms. The van der Waals surface area contributed by atoms with Gasteiger partial charge >= 0.3 is 0 Å². The molecule has 1 N–H and O–H groups in total. The maximum atomic E-state index is 9.93. The predicted molar refractivity (Wildman–Crippen MR) is 88.0 cm³/mol. The van der Waals surface area contributed by atoms with Crippen LogP contribution in [0.15, 0.2) is 65.2 Å². The molecule has 0 atom stereocenters. The van der Waals surface area contributed by atoms with Crippen LogP contribution in [0.5, 0.6) is 5.75 Å². The first kappa shape index (κ1) is 15.3. The lowest BCUT2D eigenvalue weighted by Crippen LogP contribution is -2.14. The summed E-state index contributed by atoms with van der Waals surface area (Å²) in [6.45, 7) is 3.76. The molecule has 1 aromatic heterocycles. The van der Waals surface area contributed by atoms with Gasteiger partial charge in [0, 0.05) is 5.56 Å². The van der Waals surface area contributed by atoms with Gasteiger partial charge in [-0.1, -0.05) is 42.5 Å². The molecule has 2 aromatic carbocycles. The Labute approximate surface area is 135 Å². The average molecular weight is 309 g/mol. The average Bonchev–Trinajstić information content (AvgIpc) is 3.02. The molecule has 3 aromatic rings. The lowest BCUT2D eigenvalue weighted by Gasteiger charge is -2.17. The molecule has 0 radical (unpaired) electrons. The molecule has 0 unspecified atom stereocenters. The Kier molecular flexibility index (Phi) is 4.17. The zero-order valence-corrected chi connectivity index (χ0v) is 13.2. The molecule has 0 aliphatic carbocycles. The van der Waals surface area contributed by atoms with Crippen molar-refractivity contribution >= 4 is 0 Å². The topological polar surface area (TPSA) is 55.5 Å². The Morgan fingerprint density at radius 3 is 2.39 bits per heavy atom. The lowest BCUT2D eigenvalue weighted by atomic mass is 9.99. The number of aliphatic hydroxyl groups is 1. The number of hydrogen-bond donors (Lipinski definition) is 1. The summed E-state index contributed by atoms with van der Waals surface area (Å²) >= 11 is 0. The number of rotatable bonds is 5. The number of nitrogens with zero attached hydrogens (tertiary/aromatic N) is 1. The standard InChI is InChI=1S/C19H19NO3/c1-19(2,21)15-8-10-16(11-9-15)22-13-18-20-12-17(23-18)14-6-4-3-5-7-14/h3-12,21H,13H2,1-2H3. The second-order valence-electron chi connectivity index (χ2n) is 5.86. The largest absolute Gasteiger partial charge is 0.484 e. The minimum Gasteiger partial charge on any atom is -0.484 e. The van der Waals surface area contributed by atoms with Gasteiger partial charge in [-0.05, 0) is 31.5 Å². The Morgan fingerprint density at radius 1 is 1.04 bits per heavy atom. The number of benzene rings is 2. The summed E-state index contributed by atoms with van der Waals surface area (Å²) in [6.07, 6.45) is 1.70. The van der Waals surface area contributed by atoms with Crippen LogP contribution >= 0.6 is 0 Å². The van der Waals surface area contributed by atoms with Gasteiger partial charge in [0.15, 0.2) is 12.4 Å². The molecule has 4 heteroatoms. The summed E-state index contributed by atoms with van der Waals surface area (Å²) in [5, 5.41) is 9.93. The monoisotopic (exact) mass is 309 g/mol. The Bertz CT molecular complexity index is 755. The molecule has 0 aliphatic heterocycles. The van der Waals surface area contributed by atoms with Gasteiger partial charge in [0.1, 0.15) is 5.75 Å². The van der Waals surface area contributed by atoms with Crippen LogP contribution in [0.2, 0.25) is 0 Å². The van der Waals surface area contributed by atoms with E-state index in [1.54, 1.807) is 20.0 Å². The maximum Gasteiger partial charge on any atom is 0.232 e. The minimum atomic E-state index is -0.855. The number of hydrogen-bond acceptors (Lipinski definition) is 4. The summed E-state index contributed by atoms with van der Waals surface area (Å²) in [5.74, 6) is 1.95. The van der Waals surface area contributed by atoms with Gasteiger partial charge in [-0.2, -0.15) is 0 Å². The summed E-state index contributed by atoms with van der Waals surface area (Å²) in [6, 6.07) is 17.2. The minimum absolute atomic E-state index is 0.259. The molecule has 4 nitrogen and oxygen atoms in total. The van der Waals surface area contributed by atoms with Gasteiger partial charge in [-0.15, -0.1) is 0 Å². The van der Waals surface area contributed by atoms with Gasteiger partial charge in [-0.25, -0.2) is 4.98 Å². The van der Waals surface area contributed by atoms with Gasteiger partial charge in [-0.3, -0.25) is 0 Å². The first-order valence-electron chi connectivity index (χ1n) is 7.48. The highest BCUT2D eigenvalue weighted by Gasteiger charge is 2.15. The second kappa shape index (κ2) is 6.26. The zero-order valence-electron chi connectivity index (χ0n) is 13.2. The first-order valence-corrected chi connectivity index (χ1v) is 7.48. The molecule has 0 fully saturated rings. The predicted octanol–water partition coefficient (Wildman–Crippen LogP) is 4.15. The fourth-order valence-corrected chi connectivity index (χ4v) is 2.22. The molecule has 0 saturated carbocycles. The van der Waals surface area contributed by atoms with E-state index in [0.29, 0.717) is 11.6 Å². The summed E-state index contributed by atoms with van der Waals surface area (Å²) < 4.78 is 11.4. The van der Waals surface area contributed by atoms with Crippen LogP contribution in [-0.4, -0.2) is 10.1 Å². The van der Waals surface area contributed by atoms with Gasteiger partial charge in [0.25, 0.3) is 0 Å². The van der Waals surface area contributed by atoms with Crippen molar-refractivity contribution in [1.29, 1.82) is 0 Å². The van der Waals surface area contributed by atoms with Crippen molar-refractivity contribution in [3.05, 3.63) is 72.2 Å². The third-order valence-corrected chi connectivity index (χ3v) is 3.53. The van der Waals surface area contributed by atoms with Crippen molar-refractivity contribution in [3.8, 4) is 17.1 Å². The van der Waals surface area contributed by atoms with Crippen molar-refractivity contribution in [2.45, 2.75) is 26.1 Å². The van der Waals surface area contributed by atoms with Crippen LogP contribution in [0.4, 0.5) is 0 Å². The summed E-state index contributed by atoms with van der Waals surface area (Å²) in [7, 11) is 0. The molecule has 3 rings (SSSR count). The molecule has 0 amide bonds. The fraction of sp³-hybridized carbons (Fsp3) is 0.211. The normalized spacial score (nSPS) is 11.4. The smallest absolute Gasteiger partial charge is 0.232 e. The molecule has 23 heavy (non-hydrogen) atoms. The molecular formula is C19H19NO3. The molecule has 0 aliphatic rings. The Balaban J connectivity index is 1.64. The number of ether oxygens (including phenoxy) is 1. The van der Waals surface area contributed by atoms with E-state index in [0.717, 1.165) is 16.9 Å². The summed E-state index contributed by atoms with van der Waals surface area (Å²) in [5.41, 5.74) is 0.971. The van der Waals surface area contributed by atoms with Crippen LogP contribution < -0.4 is 4.74 Å². The SMILES string of the molecule is CC(C)(O)c1ccc(OCc2ncc(-c3ccccc3)o2)cc1. The van der Waals surface area contributed by atoms with E-state index in [1.165, 1.54) is 0 Å². The van der Waals surface area contributed by atoms with E-state index in [2.05, 4.69) is 4.98 Å². The fourth-order valence-electron chi connectivity index (χ4n) is 2.22. The molecule has 0 spiro atoms. The maximum absolute atomic E-state index is 9.93. The second-order valence-corrected chi connectivity index (χ2v) is 5.86. The van der Waals surface area contributed by atoms with Crippen molar-refractivity contribution in [3.63, 3.8) is 0 Å². The highest BCUT2D eigenvalue weighted by atomic mass is 16.5. The van der Waals surface area contributed by atoms with E-state index < -0.39 is 5.60 Å². The van der Waals surface area contributed by atoms with Crippen LogP contribution in [-0.2, 0) is 12.2 Å². The van der Waals surface area contributed by atoms with Crippen LogP contribution in [0.3, 0.4) is 0 Å². The Hall–Kier alpha value is -2.59. The van der Waals surface area contributed by atoms with Crippen LogP contribution in [0.1, 0.15) is 25.3 Å². The number of aromatic nitrogens is 1. The van der Waals surface area contributed by atoms with E-state index in [1.807, 2.05) is 54.6 Å². The van der Waals surface area contributed by atoms with Crippen molar-refractivity contribution in [1.82, 2.24) is 4.98 Å². The van der Waals surface area contributed by atoms with E-state index >= 15 is 0 Å². The lowest BCUT2D eigenvalue weighted by molar-refractivity contribution is 0.0785. The first-order chi connectivity index (χ1) is 11.0. The summed E-state index contributed by atoms with van der Waals surface area (Å²) in [4.78, 5) is 4.23. The van der Waals surface area contributed by atoms with E-state index in [9.17, 15) is 5.11 Å². The van der Waals surface area contributed by atoms with Gasteiger partial charge in [0.05, 0.1) is 11.8 Å². The molecule has 1 heterocycles.